The summed E-state index contributed by atoms with van der Waals surface area (Å²) in [5.41, 5.74) is 0.341. The molecule has 10 heteroatoms. The molecule has 0 bridgehead atoms. The maximum Gasteiger partial charge on any atom is 0.261 e. The van der Waals surface area contributed by atoms with Crippen LogP contribution in [-0.4, -0.2) is 72.7 Å². The van der Waals surface area contributed by atoms with E-state index in [0.717, 1.165) is 18.5 Å². The van der Waals surface area contributed by atoms with Crippen molar-refractivity contribution in [2.45, 2.75) is 69.0 Å². The van der Waals surface area contributed by atoms with E-state index in [4.69, 9.17) is 4.74 Å². The Hall–Kier alpha value is -2.27. The van der Waals surface area contributed by atoms with Crippen molar-refractivity contribution in [3.05, 3.63) is 23.8 Å². The summed E-state index contributed by atoms with van der Waals surface area (Å²) in [6.07, 6.45) is 1.55. The first-order valence-corrected chi connectivity index (χ1v) is 15.2. The van der Waals surface area contributed by atoms with Crippen LogP contribution >= 0.6 is 0 Å². The number of likely N-dealkylation sites (tertiary alicyclic amines) is 1. The SMILES string of the molecule is C[C@H]1[C@H]([Si](C)(C)O)[C@@H](CC(=O)N2CCC[C@H]2CO)O[C@]12C(=O)Nc1ccc(N3CCC3=O)cc12. The third-order valence-corrected chi connectivity index (χ3v) is 10.7. The fraction of sp³-hybridized carbons (Fsp3) is 0.625. The summed E-state index contributed by atoms with van der Waals surface area (Å²) in [5.74, 6) is -0.740. The molecule has 4 aliphatic rings. The number of carbonyl (C=O) groups is 3. The Morgan fingerprint density at radius 2 is 2.06 bits per heavy atom. The summed E-state index contributed by atoms with van der Waals surface area (Å²) in [7, 11) is -2.86. The molecule has 9 nitrogen and oxygen atoms in total. The minimum absolute atomic E-state index is 0.0426. The normalized spacial score (nSPS) is 32.9. The van der Waals surface area contributed by atoms with Gasteiger partial charge in [0.1, 0.15) is 0 Å². The lowest BCUT2D eigenvalue weighted by atomic mass is 9.82. The van der Waals surface area contributed by atoms with Crippen LogP contribution in [0.1, 0.15) is 38.2 Å². The standard InChI is InChI=1S/C24H33N3O6Si/c1-14-22(34(2,3)32)19(12-21(30)26-9-4-5-16(26)13-28)33-24(14)17-11-15(27-10-8-20(27)29)6-7-18(17)25-23(24)31/h6-7,11,14,16,19,22,28,32H,4-5,8-10,12-13H2,1-3H3,(H,25,31)/t14-,16-,19+,22-,24+/m0/s1. The number of hydrogen-bond donors (Lipinski definition) is 3. The Kier molecular flexibility index (Phi) is 5.62. The van der Waals surface area contributed by atoms with Crippen LogP contribution in [0.15, 0.2) is 18.2 Å². The molecule has 5 rings (SSSR count). The van der Waals surface area contributed by atoms with Gasteiger partial charge in [-0.2, -0.15) is 0 Å². The van der Waals surface area contributed by atoms with Crippen molar-refractivity contribution >= 4 is 37.4 Å². The average molecular weight is 488 g/mol. The van der Waals surface area contributed by atoms with Crippen LogP contribution in [0.5, 0.6) is 0 Å². The molecule has 0 aliphatic carbocycles. The number of nitrogens with zero attached hydrogens (tertiary/aromatic N) is 2. The van der Waals surface area contributed by atoms with Gasteiger partial charge in [0.15, 0.2) is 13.9 Å². The molecule has 1 aromatic rings. The van der Waals surface area contributed by atoms with Crippen LogP contribution < -0.4 is 10.2 Å². The summed E-state index contributed by atoms with van der Waals surface area (Å²) >= 11 is 0. The van der Waals surface area contributed by atoms with Crippen molar-refractivity contribution in [3.8, 4) is 0 Å². The summed E-state index contributed by atoms with van der Waals surface area (Å²) in [4.78, 5) is 53.3. The molecule has 4 aliphatic heterocycles. The summed E-state index contributed by atoms with van der Waals surface area (Å²) in [6.45, 7) is 6.73. The lowest BCUT2D eigenvalue weighted by molar-refractivity contribution is -0.148. The van der Waals surface area contributed by atoms with Gasteiger partial charge in [-0.3, -0.25) is 14.4 Å². The van der Waals surface area contributed by atoms with Gasteiger partial charge >= 0.3 is 0 Å². The molecule has 3 N–H and O–H groups in total. The molecule has 4 heterocycles. The molecule has 0 unspecified atom stereocenters. The second kappa shape index (κ2) is 8.15. The molecule has 3 amide bonds. The van der Waals surface area contributed by atoms with E-state index >= 15 is 0 Å². The summed E-state index contributed by atoms with van der Waals surface area (Å²) < 4.78 is 6.56. The van der Waals surface area contributed by atoms with Crippen molar-refractivity contribution < 1.29 is 29.0 Å². The molecule has 34 heavy (non-hydrogen) atoms. The van der Waals surface area contributed by atoms with E-state index in [-0.39, 0.29) is 48.3 Å². The van der Waals surface area contributed by atoms with Crippen LogP contribution in [0.3, 0.4) is 0 Å². The van der Waals surface area contributed by atoms with Crippen LogP contribution in [0, 0.1) is 5.92 Å². The van der Waals surface area contributed by atoms with Gasteiger partial charge in [0.05, 0.1) is 25.2 Å². The highest BCUT2D eigenvalue weighted by atomic mass is 28.4. The zero-order valence-corrected chi connectivity index (χ0v) is 20.9. The van der Waals surface area contributed by atoms with Gasteiger partial charge in [0, 0.05) is 47.9 Å². The number of β-lactam (4-membered cyclic amide) rings is 1. The Morgan fingerprint density at radius 3 is 2.68 bits per heavy atom. The zero-order valence-electron chi connectivity index (χ0n) is 19.9. The quantitative estimate of drug-likeness (QED) is 0.428. The van der Waals surface area contributed by atoms with Crippen LogP contribution in [0.25, 0.3) is 0 Å². The molecule has 3 fully saturated rings. The fourth-order valence-corrected chi connectivity index (χ4v) is 9.04. The highest BCUT2D eigenvalue weighted by molar-refractivity contribution is 6.71. The summed E-state index contributed by atoms with van der Waals surface area (Å²) in [5, 5.41) is 12.6. The molecule has 0 radical (unpaired) electrons. The molecule has 5 atom stereocenters. The third kappa shape index (κ3) is 3.42. The number of fused-ring (bicyclic) bond motifs is 2. The zero-order chi connectivity index (χ0) is 24.4. The smallest absolute Gasteiger partial charge is 0.261 e. The number of aliphatic hydroxyl groups is 1. The number of rotatable bonds is 5. The molecule has 0 saturated carbocycles. The molecule has 1 spiro atoms. The number of benzene rings is 1. The molecule has 0 aromatic heterocycles. The Morgan fingerprint density at radius 1 is 1.29 bits per heavy atom. The number of carbonyl (C=O) groups excluding carboxylic acids is 3. The van der Waals surface area contributed by atoms with Crippen molar-refractivity contribution in [1.29, 1.82) is 0 Å². The Labute approximate surface area is 200 Å². The second-order valence-electron chi connectivity index (χ2n) is 10.6. The van der Waals surface area contributed by atoms with Crippen molar-refractivity contribution in [1.82, 2.24) is 4.90 Å². The maximum atomic E-state index is 13.4. The monoisotopic (exact) mass is 487 g/mol. The lowest BCUT2D eigenvalue weighted by Gasteiger charge is -2.33. The minimum atomic E-state index is -2.86. The van der Waals surface area contributed by atoms with Gasteiger partial charge in [-0.25, -0.2) is 0 Å². The van der Waals surface area contributed by atoms with Crippen LogP contribution in [0.4, 0.5) is 11.4 Å². The lowest BCUT2D eigenvalue weighted by Crippen LogP contribution is -2.45. The maximum absolute atomic E-state index is 13.4. The van der Waals surface area contributed by atoms with E-state index in [1.54, 1.807) is 15.9 Å². The molecule has 184 valence electrons. The first-order chi connectivity index (χ1) is 16.1. The van der Waals surface area contributed by atoms with Gasteiger partial charge < -0.3 is 29.8 Å². The number of aliphatic hydroxyl groups excluding tert-OH is 1. The fourth-order valence-electron chi connectivity index (χ4n) is 6.48. The van der Waals surface area contributed by atoms with Gasteiger partial charge in [-0.1, -0.05) is 6.92 Å². The average Bonchev–Trinajstić information content (AvgIpc) is 3.43. The van der Waals surface area contributed by atoms with E-state index in [0.29, 0.717) is 30.8 Å². The molecular weight excluding hydrogens is 454 g/mol. The van der Waals surface area contributed by atoms with Gasteiger partial charge in [0.25, 0.3) is 5.91 Å². The first kappa shape index (κ1) is 23.5. The highest BCUT2D eigenvalue weighted by Crippen LogP contribution is 2.58. The highest BCUT2D eigenvalue weighted by Gasteiger charge is 2.65. The Balaban J connectivity index is 1.50. The van der Waals surface area contributed by atoms with Crippen LogP contribution in [0.2, 0.25) is 18.6 Å². The topological polar surface area (TPSA) is 119 Å². The summed E-state index contributed by atoms with van der Waals surface area (Å²) in [6, 6.07) is 5.27. The van der Waals surface area contributed by atoms with Crippen LogP contribution in [-0.2, 0) is 24.7 Å². The predicted octanol–water partition coefficient (Wildman–Crippen LogP) is 1.55. The molecule has 3 saturated heterocycles. The van der Waals surface area contributed by atoms with E-state index in [1.165, 1.54) is 0 Å². The number of anilines is 2. The minimum Gasteiger partial charge on any atom is -0.432 e. The van der Waals surface area contributed by atoms with Crippen molar-refractivity contribution in [3.63, 3.8) is 0 Å². The third-order valence-electron chi connectivity index (χ3n) is 8.17. The molecule has 1 aromatic carbocycles. The largest absolute Gasteiger partial charge is 0.432 e. The number of hydrogen-bond acceptors (Lipinski definition) is 6. The van der Waals surface area contributed by atoms with Gasteiger partial charge in [-0.15, -0.1) is 0 Å². The van der Waals surface area contributed by atoms with Gasteiger partial charge in [-0.05, 0) is 44.1 Å². The second-order valence-corrected chi connectivity index (χ2v) is 14.6. The number of amides is 3. The van der Waals surface area contributed by atoms with Gasteiger partial charge in [0.2, 0.25) is 11.8 Å². The molecular formula is C24H33N3O6Si. The number of ether oxygens (including phenoxy) is 1. The van der Waals surface area contributed by atoms with Crippen molar-refractivity contribution in [2.75, 3.05) is 29.9 Å². The van der Waals surface area contributed by atoms with E-state index < -0.39 is 20.0 Å². The van der Waals surface area contributed by atoms with E-state index in [1.807, 2.05) is 32.2 Å². The predicted molar refractivity (Wildman–Crippen MR) is 128 cm³/mol. The van der Waals surface area contributed by atoms with E-state index in [2.05, 4.69) is 5.32 Å². The first-order valence-electron chi connectivity index (χ1n) is 12.1. The Bertz CT molecular complexity index is 1040. The number of nitrogens with one attached hydrogen (secondary N) is 1. The van der Waals surface area contributed by atoms with Crippen molar-refractivity contribution in [2.24, 2.45) is 5.92 Å². The van der Waals surface area contributed by atoms with E-state index in [9.17, 15) is 24.3 Å².